The van der Waals surface area contributed by atoms with Crippen molar-refractivity contribution in [2.75, 3.05) is 0 Å². The summed E-state index contributed by atoms with van der Waals surface area (Å²) in [5, 5.41) is 6.90. The van der Waals surface area contributed by atoms with Crippen molar-refractivity contribution in [1.82, 2.24) is 15.1 Å². The lowest BCUT2D eigenvalue weighted by molar-refractivity contribution is 0.0949. The molecule has 0 spiro atoms. The summed E-state index contributed by atoms with van der Waals surface area (Å²) in [4.78, 5) is 12.6. The van der Waals surface area contributed by atoms with E-state index in [1.165, 1.54) is 16.8 Å². The number of hydrogen-bond donors (Lipinski definition) is 1. The second kappa shape index (κ2) is 7.56. The normalized spacial score (nSPS) is 10.9. The average Bonchev–Trinajstić information content (AvgIpc) is 2.90. The fourth-order valence-corrected chi connectivity index (χ4v) is 3.03. The molecule has 2 aromatic carbocycles. The van der Waals surface area contributed by atoms with Crippen LogP contribution in [0.4, 0.5) is 13.2 Å². The smallest absolute Gasteiger partial charge is 0.255 e. The Hall–Kier alpha value is -2.61. The summed E-state index contributed by atoms with van der Waals surface area (Å²) in [7, 11) is 0. The number of nitrogens with one attached hydrogen (secondary N) is 1. The lowest BCUT2D eigenvalue weighted by atomic mass is 10.1. The first-order chi connectivity index (χ1) is 12.8. The van der Waals surface area contributed by atoms with Crippen LogP contribution >= 0.6 is 15.9 Å². The van der Waals surface area contributed by atoms with E-state index >= 15 is 0 Å². The maximum Gasteiger partial charge on any atom is 0.255 e. The first-order valence-electron chi connectivity index (χ1n) is 8.01. The number of amides is 1. The minimum Gasteiger partial charge on any atom is -0.348 e. The Balaban J connectivity index is 1.85. The molecule has 27 heavy (non-hydrogen) atoms. The molecule has 0 aliphatic rings. The van der Waals surface area contributed by atoms with Gasteiger partial charge >= 0.3 is 0 Å². The molecule has 140 valence electrons. The Morgan fingerprint density at radius 1 is 1.11 bits per heavy atom. The average molecular weight is 438 g/mol. The van der Waals surface area contributed by atoms with Gasteiger partial charge in [-0.25, -0.2) is 17.9 Å². The van der Waals surface area contributed by atoms with Gasteiger partial charge in [-0.1, -0.05) is 6.07 Å². The van der Waals surface area contributed by atoms with Crippen LogP contribution in [0.2, 0.25) is 0 Å². The topological polar surface area (TPSA) is 46.9 Å². The van der Waals surface area contributed by atoms with Crippen LogP contribution in [0.1, 0.15) is 27.3 Å². The van der Waals surface area contributed by atoms with Crippen molar-refractivity contribution in [2.45, 2.75) is 20.4 Å². The van der Waals surface area contributed by atoms with Crippen molar-refractivity contribution >= 4 is 21.8 Å². The third-order valence-electron chi connectivity index (χ3n) is 4.09. The Morgan fingerprint density at radius 2 is 1.85 bits per heavy atom. The van der Waals surface area contributed by atoms with E-state index in [-0.39, 0.29) is 17.8 Å². The van der Waals surface area contributed by atoms with E-state index in [9.17, 15) is 18.0 Å². The number of benzene rings is 2. The predicted molar refractivity (Wildman–Crippen MR) is 98.2 cm³/mol. The molecule has 0 saturated heterocycles. The van der Waals surface area contributed by atoms with Gasteiger partial charge in [0.05, 0.1) is 21.4 Å². The fourth-order valence-electron chi connectivity index (χ4n) is 2.78. The molecule has 1 heterocycles. The zero-order chi connectivity index (χ0) is 19.7. The van der Waals surface area contributed by atoms with E-state index < -0.39 is 23.4 Å². The van der Waals surface area contributed by atoms with E-state index in [2.05, 4.69) is 26.3 Å². The Morgan fingerprint density at radius 3 is 2.52 bits per heavy atom. The molecular weight excluding hydrogens is 423 g/mol. The molecule has 0 atom stereocenters. The molecule has 0 radical (unpaired) electrons. The third kappa shape index (κ3) is 3.90. The van der Waals surface area contributed by atoms with E-state index in [1.54, 1.807) is 26.0 Å². The highest BCUT2D eigenvalue weighted by Crippen LogP contribution is 2.21. The summed E-state index contributed by atoms with van der Waals surface area (Å²) in [5.74, 6) is -2.31. The molecule has 1 amide bonds. The minimum atomic E-state index is -0.780. The number of halogens is 4. The molecule has 3 rings (SSSR count). The van der Waals surface area contributed by atoms with Gasteiger partial charge in [-0.2, -0.15) is 5.10 Å². The van der Waals surface area contributed by atoms with Gasteiger partial charge in [0.1, 0.15) is 17.3 Å². The second-order valence-electron chi connectivity index (χ2n) is 5.98. The van der Waals surface area contributed by atoms with Gasteiger partial charge in [0.25, 0.3) is 5.91 Å². The molecule has 4 nitrogen and oxygen atoms in total. The number of carbonyl (C=O) groups excluding carboxylic acids is 1. The van der Waals surface area contributed by atoms with Gasteiger partial charge in [0.15, 0.2) is 5.82 Å². The molecule has 0 aliphatic heterocycles. The largest absolute Gasteiger partial charge is 0.348 e. The zero-order valence-corrected chi connectivity index (χ0v) is 16.1. The fraction of sp³-hybridized carbons (Fsp3) is 0.158. The number of carbonyl (C=O) groups is 1. The van der Waals surface area contributed by atoms with Gasteiger partial charge in [-0.15, -0.1) is 0 Å². The monoisotopic (exact) mass is 437 g/mol. The van der Waals surface area contributed by atoms with Crippen molar-refractivity contribution in [3.63, 3.8) is 0 Å². The molecule has 3 aromatic rings. The predicted octanol–water partition coefficient (Wildman–Crippen LogP) is 4.60. The summed E-state index contributed by atoms with van der Waals surface area (Å²) in [6, 6.07) is 7.70. The molecule has 0 fully saturated rings. The molecule has 0 aliphatic carbocycles. The number of nitrogens with zero attached hydrogens (tertiary/aromatic N) is 2. The van der Waals surface area contributed by atoms with E-state index in [1.807, 2.05) is 0 Å². The van der Waals surface area contributed by atoms with Crippen LogP contribution in [0.15, 0.2) is 40.9 Å². The van der Waals surface area contributed by atoms with E-state index in [0.717, 1.165) is 12.1 Å². The van der Waals surface area contributed by atoms with E-state index in [4.69, 9.17) is 0 Å². The Kier molecular flexibility index (Phi) is 5.36. The van der Waals surface area contributed by atoms with Crippen LogP contribution in [0.5, 0.6) is 0 Å². The van der Waals surface area contributed by atoms with Crippen LogP contribution in [0, 0.1) is 31.3 Å². The summed E-state index contributed by atoms with van der Waals surface area (Å²) < 4.78 is 42.4. The first-order valence-corrected chi connectivity index (χ1v) is 8.81. The molecule has 0 unspecified atom stereocenters. The molecule has 1 aromatic heterocycles. The van der Waals surface area contributed by atoms with Gasteiger partial charge < -0.3 is 5.32 Å². The molecule has 0 bridgehead atoms. The number of aromatic nitrogens is 2. The van der Waals surface area contributed by atoms with Crippen LogP contribution < -0.4 is 5.32 Å². The lowest BCUT2D eigenvalue weighted by Gasteiger charge is -2.08. The summed E-state index contributed by atoms with van der Waals surface area (Å²) in [6.45, 7) is 3.37. The summed E-state index contributed by atoms with van der Waals surface area (Å²) in [5.41, 5.74) is 1.74. The highest BCUT2D eigenvalue weighted by Gasteiger charge is 2.21. The second-order valence-corrected chi connectivity index (χ2v) is 6.84. The van der Waals surface area contributed by atoms with Crippen molar-refractivity contribution in [2.24, 2.45) is 0 Å². The minimum absolute atomic E-state index is 0.0473. The lowest BCUT2D eigenvalue weighted by Crippen LogP contribution is -2.24. The standard InChI is InChI=1S/C19H15BrF3N3O/c1-10-18(19(27)24-9-12-3-5-14(20)15(22)7-12)11(2)26(25-10)17-6-4-13(21)8-16(17)23/h3-8H,9H2,1-2H3,(H,24,27). The van der Waals surface area contributed by atoms with Crippen molar-refractivity contribution in [3.05, 3.63) is 80.8 Å². The van der Waals surface area contributed by atoms with Crippen LogP contribution in [-0.4, -0.2) is 15.7 Å². The van der Waals surface area contributed by atoms with Gasteiger partial charge in [-0.3, -0.25) is 4.79 Å². The van der Waals surface area contributed by atoms with E-state index in [0.29, 0.717) is 21.4 Å². The van der Waals surface area contributed by atoms with Crippen molar-refractivity contribution in [1.29, 1.82) is 0 Å². The van der Waals surface area contributed by atoms with Gasteiger partial charge in [0, 0.05) is 12.6 Å². The molecule has 8 heteroatoms. The highest BCUT2D eigenvalue weighted by molar-refractivity contribution is 9.10. The quantitative estimate of drug-likeness (QED) is 0.648. The maximum absolute atomic E-state index is 14.1. The highest BCUT2D eigenvalue weighted by atomic mass is 79.9. The molecule has 0 saturated carbocycles. The van der Waals surface area contributed by atoms with Crippen LogP contribution in [0.25, 0.3) is 5.69 Å². The van der Waals surface area contributed by atoms with Gasteiger partial charge in [-0.05, 0) is 59.6 Å². The SMILES string of the molecule is Cc1nn(-c2ccc(F)cc2F)c(C)c1C(=O)NCc1ccc(Br)c(F)c1. The summed E-state index contributed by atoms with van der Waals surface area (Å²) >= 11 is 3.07. The summed E-state index contributed by atoms with van der Waals surface area (Å²) in [6.07, 6.45) is 0. The van der Waals surface area contributed by atoms with Crippen molar-refractivity contribution in [3.8, 4) is 5.69 Å². The zero-order valence-electron chi connectivity index (χ0n) is 14.5. The third-order valence-corrected chi connectivity index (χ3v) is 4.74. The number of aryl methyl sites for hydroxylation is 1. The van der Waals surface area contributed by atoms with Gasteiger partial charge in [0.2, 0.25) is 0 Å². The Labute approximate surface area is 162 Å². The molecule has 1 N–H and O–H groups in total. The van der Waals surface area contributed by atoms with Crippen LogP contribution in [-0.2, 0) is 6.54 Å². The molecular formula is C19H15BrF3N3O. The number of hydrogen-bond acceptors (Lipinski definition) is 2. The number of rotatable bonds is 4. The first kappa shape index (κ1) is 19.2. The Bertz CT molecular complexity index is 1030. The van der Waals surface area contributed by atoms with Crippen LogP contribution in [0.3, 0.4) is 0 Å². The maximum atomic E-state index is 14.1. The van der Waals surface area contributed by atoms with Crippen molar-refractivity contribution < 1.29 is 18.0 Å².